The van der Waals surface area contributed by atoms with E-state index in [0.29, 0.717) is 23.0 Å². The van der Waals surface area contributed by atoms with Crippen molar-refractivity contribution in [3.05, 3.63) is 11.6 Å². The normalized spacial score (nSPS) is 45.4. The molecule has 2 heteroatoms. The lowest BCUT2D eigenvalue weighted by Gasteiger charge is -2.58. The van der Waals surface area contributed by atoms with E-state index in [0.717, 1.165) is 48.5 Å². The average molecular weight is 401 g/mol. The molecule has 8 atom stereocenters. The van der Waals surface area contributed by atoms with Crippen LogP contribution in [0.5, 0.6) is 0 Å². The third-order valence-corrected chi connectivity index (χ3v) is 10.1. The lowest BCUT2D eigenvalue weighted by molar-refractivity contribution is -0.129. The fraction of sp³-hybridized carbons (Fsp3) is 0.889. The van der Waals surface area contributed by atoms with E-state index in [1.807, 2.05) is 6.08 Å². The van der Waals surface area contributed by atoms with Gasteiger partial charge in [-0.25, -0.2) is 0 Å². The fourth-order valence-electron chi connectivity index (χ4n) is 8.56. The molecule has 0 heterocycles. The smallest absolute Gasteiger partial charge is 0.159 e. The molecule has 164 valence electrons. The van der Waals surface area contributed by atoms with Crippen molar-refractivity contribution in [1.29, 1.82) is 0 Å². The van der Waals surface area contributed by atoms with Crippen LogP contribution in [0.4, 0.5) is 0 Å². The van der Waals surface area contributed by atoms with Gasteiger partial charge in [0.05, 0.1) is 6.10 Å². The van der Waals surface area contributed by atoms with Gasteiger partial charge in [-0.2, -0.15) is 0 Å². The zero-order chi connectivity index (χ0) is 21.0. The predicted octanol–water partition coefficient (Wildman–Crippen LogP) is 6.57. The summed E-state index contributed by atoms with van der Waals surface area (Å²) in [6, 6.07) is 0. The summed E-state index contributed by atoms with van der Waals surface area (Å²) in [5.41, 5.74) is 1.43. The van der Waals surface area contributed by atoms with Gasteiger partial charge < -0.3 is 5.11 Å². The van der Waals surface area contributed by atoms with Crippen molar-refractivity contribution in [3.8, 4) is 0 Å². The first kappa shape index (κ1) is 21.6. The Morgan fingerprint density at radius 3 is 2.52 bits per heavy atom. The summed E-state index contributed by atoms with van der Waals surface area (Å²) in [6.07, 6.45) is 13.5. The van der Waals surface area contributed by atoms with Gasteiger partial charge in [-0.3, -0.25) is 4.79 Å². The standard InChI is InChI=1S/C27H44O2/c1-17(2)7-6-8-18(3)21-9-10-22-20-16-25(29)24-15-19(28)11-13-27(24,5)23(20)12-14-26(21,22)4/h15,17-23,28H,6-14,16H2,1-5H3/t18-,19+,20-,21+,22-,23-,26-,27-/m1/s1. The molecule has 0 radical (unpaired) electrons. The van der Waals surface area contributed by atoms with E-state index in [1.165, 1.54) is 44.9 Å². The first-order valence-corrected chi connectivity index (χ1v) is 12.6. The molecule has 0 saturated heterocycles. The molecule has 4 aliphatic rings. The minimum Gasteiger partial charge on any atom is -0.389 e. The van der Waals surface area contributed by atoms with E-state index in [9.17, 15) is 9.90 Å². The number of carbonyl (C=O) groups excluding carboxylic acids is 1. The van der Waals surface area contributed by atoms with E-state index < -0.39 is 6.10 Å². The van der Waals surface area contributed by atoms with E-state index in [1.54, 1.807) is 0 Å². The first-order chi connectivity index (χ1) is 13.7. The molecular weight excluding hydrogens is 356 g/mol. The lowest BCUT2D eigenvalue weighted by Crippen LogP contribution is -2.53. The van der Waals surface area contributed by atoms with Crippen LogP contribution in [-0.4, -0.2) is 17.0 Å². The monoisotopic (exact) mass is 400 g/mol. The largest absolute Gasteiger partial charge is 0.389 e. The highest BCUT2D eigenvalue weighted by Crippen LogP contribution is 2.67. The molecule has 2 nitrogen and oxygen atoms in total. The number of hydrogen-bond donors (Lipinski definition) is 1. The summed E-state index contributed by atoms with van der Waals surface area (Å²) < 4.78 is 0. The van der Waals surface area contributed by atoms with Gasteiger partial charge >= 0.3 is 0 Å². The van der Waals surface area contributed by atoms with Crippen LogP contribution in [-0.2, 0) is 4.79 Å². The summed E-state index contributed by atoms with van der Waals surface area (Å²) in [5.74, 6) is 4.77. The Morgan fingerprint density at radius 1 is 1.03 bits per heavy atom. The molecule has 0 aromatic heterocycles. The number of aliphatic hydroxyl groups excluding tert-OH is 1. The van der Waals surface area contributed by atoms with Gasteiger partial charge in [-0.15, -0.1) is 0 Å². The number of fused-ring (bicyclic) bond motifs is 5. The fourth-order valence-corrected chi connectivity index (χ4v) is 8.56. The van der Waals surface area contributed by atoms with Crippen LogP contribution >= 0.6 is 0 Å². The minimum absolute atomic E-state index is 0.0154. The third-order valence-electron chi connectivity index (χ3n) is 10.1. The Balaban J connectivity index is 1.53. The zero-order valence-electron chi connectivity index (χ0n) is 19.5. The van der Waals surface area contributed by atoms with Crippen LogP contribution in [0.2, 0.25) is 0 Å². The van der Waals surface area contributed by atoms with Crippen molar-refractivity contribution in [2.24, 2.45) is 46.3 Å². The number of hydrogen-bond acceptors (Lipinski definition) is 2. The lowest BCUT2D eigenvalue weighted by atomic mass is 9.46. The highest BCUT2D eigenvalue weighted by Gasteiger charge is 2.60. The molecule has 0 aromatic carbocycles. The van der Waals surface area contributed by atoms with Gasteiger partial charge in [0.15, 0.2) is 5.78 Å². The van der Waals surface area contributed by atoms with Crippen LogP contribution in [0.1, 0.15) is 98.8 Å². The van der Waals surface area contributed by atoms with E-state index in [2.05, 4.69) is 34.6 Å². The Hall–Kier alpha value is -0.630. The third kappa shape index (κ3) is 3.56. The van der Waals surface area contributed by atoms with Gasteiger partial charge in [0.25, 0.3) is 0 Å². The Kier molecular flexibility index (Phi) is 5.82. The number of carbonyl (C=O) groups is 1. The molecular formula is C27H44O2. The molecule has 4 aliphatic carbocycles. The number of allylic oxidation sites excluding steroid dienone is 1. The van der Waals surface area contributed by atoms with Crippen LogP contribution < -0.4 is 0 Å². The van der Waals surface area contributed by atoms with Crippen LogP contribution in [0, 0.1) is 46.3 Å². The number of ketones is 1. The summed E-state index contributed by atoms with van der Waals surface area (Å²) in [6.45, 7) is 12.1. The summed E-state index contributed by atoms with van der Waals surface area (Å²) in [4.78, 5) is 13.2. The van der Waals surface area contributed by atoms with Gasteiger partial charge in [0, 0.05) is 6.42 Å². The molecule has 0 unspecified atom stereocenters. The summed E-state index contributed by atoms with van der Waals surface area (Å²) >= 11 is 0. The first-order valence-electron chi connectivity index (χ1n) is 12.6. The summed E-state index contributed by atoms with van der Waals surface area (Å²) in [5, 5.41) is 10.1. The Labute approximate surface area is 178 Å². The van der Waals surface area contributed by atoms with Gasteiger partial charge in [0.2, 0.25) is 0 Å². The zero-order valence-corrected chi connectivity index (χ0v) is 19.5. The molecule has 0 aliphatic heterocycles. The van der Waals surface area contributed by atoms with Crippen molar-refractivity contribution in [3.63, 3.8) is 0 Å². The van der Waals surface area contributed by atoms with Crippen LogP contribution in [0.3, 0.4) is 0 Å². The highest BCUT2D eigenvalue weighted by atomic mass is 16.3. The molecule has 0 aromatic rings. The second-order valence-corrected chi connectivity index (χ2v) is 12.1. The van der Waals surface area contributed by atoms with Crippen molar-refractivity contribution in [2.45, 2.75) is 105 Å². The van der Waals surface area contributed by atoms with Crippen molar-refractivity contribution in [1.82, 2.24) is 0 Å². The number of Topliss-reactive ketones (excluding diaryl/α,β-unsaturated/α-hetero) is 1. The number of rotatable bonds is 5. The van der Waals surface area contributed by atoms with E-state index in [4.69, 9.17) is 0 Å². The van der Waals surface area contributed by atoms with Crippen LogP contribution in [0.25, 0.3) is 0 Å². The second kappa shape index (κ2) is 7.81. The van der Waals surface area contributed by atoms with Gasteiger partial charge in [-0.1, -0.05) is 53.9 Å². The Bertz CT molecular complexity index is 663. The Morgan fingerprint density at radius 2 is 1.79 bits per heavy atom. The van der Waals surface area contributed by atoms with Gasteiger partial charge in [0.1, 0.15) is 0 Å². The van der Waals surface area contributed by atoms with E-state index in [-0.39, 0.29) is 5.41 Å². The predicted molar refractivity (Wildman–Crippen MR) is 119 cm³/mol. The van der Waals surface area contributed by atoms with E-state index >= 15 is 0 Å². The van der Waals surface area contributed by atoms with Crippen LogP contribution in [0.15, 0.2) is 11.6 Å². The van der Waals surface area contributed by atoms with Crippen molar-refractivity contribution in [2.75, 3.05) is 0 Å². The summed E-state index contributed by atoms with van der Waals surface area (Å²) in [7, 11) is 0. The maximum atomic E-state index is 13.2. The van der Waals surface area contributed by atoms with Crippen molar-refractivity contribution >= 4 is 5.78 Å². The molecule has 0 spiro atoms. The molecule has 3 saturated carbocycles. The molecule has 4 rings (SSSR count). The average Bonchev–Trinajstić information content (AvgIpc) is 3.00. The molecule has 0 bridgehead atoms. The maximum Gasteiger partial charge on any atom is 0.159 e. The number of aliphatic hydroxyl groups is 1. The highest BCUT2D eigenvalue weighted by molar-refractivity contribution is 5.98. The topological polar surface area (TPSA) is 37.3 Å². The van der Waals surface area contributed by atoms with Gasteiger partial charge in [-0.05, 0) is 96.5 Å². The minimum atomic E-state index is -0.407. The molecule has 29 heavy (non-hydrogen) atoms. The SMILES string of the molecule is CC(C)CCC[C@@H](C)[C@@H]1CC[C@@H]2[C@H]3CC(=O)C4=C[C@@H](O)CC[C@]4(C)[C@@H]3CC[C@@]21C. The quantitative estimate of drug-likeness (QED) is 0.567. The van der Waals surface area contributed by atoms with Crippen molar-refractivity contribution < 1.29 is 9.90 Å². The molecule has 3 fully saturated rings. The molecule has 1 N–H and O–H groups in total. The second-order valence-electron chi connectivity index (χ2n) is 12.1. The molecule has 0 amide bonds. The maximum absolute atomic E-state index is 13.2.